The van der Waals surface area contributed by atoms with Crippen LogP contribution in [0.1, 0.15) is 39.5 Å². The van der Waals surface area contributed by atoms with Crippen molar-refractivity contribution in [2.45, 2.75) is 24.9 Å². The molecule has 2 aromatic carbocycles. The van der Waals surface area contributed by atoms with E-state index in [1.807, 2.05) is 36.4 Å². The van der Waals surface area contributed by atoms with Gasteiger partial charge in [-0.05, 0) is 22.3 Å². The van der Waals surface area contributed by atoms with Crippen molar-refractivity contribution >= 4 is 18.0 Å². The van der Waals surface area contributed by atoms with Crippen molar-refractivity contribution in [1.82, 2.24) is 20.4 Å². The number of alkyl carbamates (subject to hydrolysis) is 1. The lowest BCUT2D eigenvalue weighted by Crippen LogP contribution is -2.41. The van der Waals surface area contributed by atoms with Crippen molar-refractivity contribution in [3.05, 3.63) is 77.1 Å². The quantitative estimate of drug-likeness (QED) is 0.433. The van der Waals surface area contributed by atoms with Gasteiger partial charge in [0.2, 0.25) is 0 Å². The highest BCUT2D eigenvalue weighted by molar-refractivity contribution is 5.96. The molecule has 1 atom stereocenters. The SMILES string of the molecule is C#CCC(NC(=O)c1c(CNC(=O)OCC2c3ccccc3-c3ccccc32)cnn1C)C(=O)O. The molecule has 0 fully saturated rings. The first-order chi connectivity index (χ1) is 16.9. The Labute approximate surface area is 202 Å². The third kappa shape index (κ3) is 4.87. The van der Waals surface area contributed by atoms with Gasteiger partial charge in [-0.1, -0.05) is 48.5 Å². The zero-order valence-electron chi connectivity index (χ0n) is 19.0. The lowest BCUT2D eigenvalue weighted by molar-refractivity contribution is -0.139. The topological polar surface area (TPSA) is 123 Å². The van der Waals surface area contributed by atoms with E-state index in [0.29, 0.717) is 5.56 Å². The Morgan fingerprint density at radius 2 is 1.77 bits per heavy atom. The average molecular weight is 473 g/mol. The Kier molecular flexibility index (Phi) is 6.83. The van der Waals surface area contributed by atoms with Crippen molar-refractivity contribution < 1.29 is 24.2 Å². The molecule has 1 aliphatic carbocycles. The summed E-state index contributed by atoms with van der Waals surface area (Å²) in [5, 5.41) is 18.3. The van der Waals surface area contributed by atoms with Crippen molar-refractivity contribution in [3.63, 3.8) is 0 Å². The fourth-order valence-electron chi connectivity index (χ4n) is 4.27. The number of nitrogens with zero attached hydrogens (tertiary/aromatic N) is 2. The summed E-state index contributed by atoms with van der Waals surface area (Å²) in [7, 11) is 1.54. The zero-order chi connectivity index (χ0) is 24.9. The highest BCUT2D eigenvalue weighted by Gasteiger charge is 2.29. The third-order valence-corrected chi connectivity index (χ3v) is 5.92. The number of aliphatic carboxylic acids is 1. The summed E-state index contributed by atoms with van der Waals surface area (Å²) in [5.41, 5.74) is 5.00. The van der Waals surface area contributed by atoms with Crippen LogP contribution in [0.4, 0.5) is 4.79 Å². The fraction of sp³-hybridized carbons (Fsp3) is 0.231. The monoisotopic (exact) mass is 472 g/mol. The summed E-state index contributed by atoms with van der Waals surface area (Å²) < 4.78 is 6.82. The van der Waals surface area contributed by atoms with Gasteiger partial charge in [-0.3, -0.25) is 9.48 Å². The number of carboxylic acid groups (broad SMARTS) is 1. The van der Waals surface area contributed by atoms with Gasteiger partial charge in [0.15, 0.2) is 0 Å². The van der Waals surface area contributed by atoms with Gasteiger partial charge in [-0.25, -0.2) is 9.59 Å². The lowest BCUT2D eigenvalue weighted by atomic mass is 9.98. The van der Waals surface area contributed by atoms with E-state index in [4.69, 9.17) is 11.2 Å². The van der Waals surface area contributed by atoms with Crippen LogP contribution in [0.2, 0.25) is 0 Å². The highest BCUT2D eigenvalue weighted by Crippen LogP contribution is 2.44. The first kappa shape index (κ1) is 23.6. The summed E-state index contributed by atoms with van der Waals surface area (Å²) in [6.45, 7) is 0.132. The molecule has 0 radical (unpaired) electrons. The summed E-state index contributed by atoms with van der Waals surface area (Å²) >= 11 is 0. The molecule has 0 aliphatic heterocycles. The minimum atomic E-state index is -1.24. The van der Waals surface area contributed by atoms with Gasteiger partial charge in [-0.2, -0.15) is 5.10 Å². The maximum Gasteiger partial charge on any atom is 0.407 e. The predicted octanol–water partition coefficient (Wildman–Crippen LogP) is 2.67. The van der Waals surface area contributed by atoms with Crippen molar-refractivity contribution in [3.8, 4) is 23.5 Å². The van der Waals surface area contributed by atoms with Crippen LogP contribution in [0, 0.1) is 12.3 Å². The molecule has 0 saturated carbocycles. The number of aromatic nitrogens is 2. The second kappa shape index (κ2) is 10.1. The van der Waals surface area contributed by atoms with Crippen molar-refractivity contribution in [2.75, 3.05) is 6.61 Å². The summed E-state index contributed by atoms with van der Waals surface area (Å²) in [6, 6.07) is 14.8. The summed E-state index contributed by atoms with van der Waals surface area (Å²) in [4.78, 5) is 36.5. The van der Waals surface area contributed by atoms with E-state index >= 15 is 0 Å². The molecule has 3 aromatic rings. The molecule has 35 heavy (non-hydrogen) atoms. The van der Waals surface area contributed by atoms with E-state index in [-0.39, 0.29) is 31.2 Å². The van der Waals surface area contributed by atoms with Crippen LogP contribution in [0.15, 0.2) is 54.7 Å². The van der Waals surface area contributed by atoms with Gasteiger partial charge < -0.3 is 20.5 Å². The molecule has 3 N–H and O–H groups in total. The third-order valence-electron chi connectivity index (χ3n) is 5.92. The van der Waals surface area contributed by atoms with Gasteiger partial charge in [0.25, 0.3) is 5.91 Å². The van der Waals surface area contributed by atoms with Crippen LogP contribution in [-0.2, 0) is 23.1 Å². The van der Waals surface area contributed by atoms with Crippen LogP contribution >= 0.6 is 0 Å². The Morgan fingerprint density at radius 1 is 1.14 bits per heavy atom. The molecule has 4 rings (SSSR count). The number of hydrogen-bond donors (Lipinski definition) is 3. The molecule has 0 bridgehead atoms. The van der Waals surface area contributed by atoms with Gasteiger partial charge in [0.1, 0.15) is 18.3 Å². The number of hydrogen-bond acceptors (Lipinski definition) is 5. The number of benzene rings is 2. The number of amides is 2. The number of terminal acetylenes is 1. The van der Waals surface area contributed by atoms with E-state index in [9.17, 15) is 19.5 Å². The van der Waals surface area contributed by atoms with Crippen molar-refractivity contribution in [2.24, 2.45) is 7.05 Å². The van der Waals surface area contributed by atoms with Crippen LogP contribution in [0.3, 0.4) is 0 Å². The molecule has 0 spiro atoms. The average Bonchev–Trinajstić information content (AvgIpc) is 3.38. The number of rotatable bonds is 8. The Balaban J connectivity index is 1.39. The number of carbonyl (C=O) groups is 3. The number of ether oxygens (including phenoxy) is 1. The molecule has 1 unspecified atom stereocenters. The molecule has 178 valence electrons. The van der Waals surface area contributed by atoms with Crippen molar-refractivity contribution in [1.29, 1.82) is 0 Å². The van der Waals surface area contributed by atoms with Gasteiger partial charge in [-0.15, -0.1) is 12.3 Å². The van der Waals surface area contributed by atoms with E-state index in [2.05, 4.69) is 33.8 Å². The van der Waals surface area contributed by atoms with Crippen LogP contribution in [0.25, 0.3) is 11.1 Å². The summed E-state index contributed by atoms with van der Waals surface area (Å²) in [5.74, 6) is 0.260. The van der Waals surface area contributed by atoms with E-state index in [1.54, 1.807) is 7.05 Å². The van der Waals surface area contributed by atoms with Gasteiger partial charge >= 0.3 is 12.1 Å². The van der Waals surface area contributed by atoms with Gasteiger partial charge in [0.05, 0.1) is 12.7 Å². The number of aryl methyl sites for hydroxylation is 1. The molecule has 2 amide bonds. The molecular formula is C26H24N4O5. The molecule has 9 heteroatoms. The number of nitrogens with one attached hydrogen (secondary N) is 2. The minimum Gasteiger partial charge on any atom is -0.480 e. The summed E-state index contributed by atoms with van der Waals surface area (Å²) in [6.07, 6.45) is 5.81. The Hall–Kier alpha value is -4.58. The standard InChI is InChI=1S/C26H24N4O5/c1-3-8-22(25(32)33)29-24(31)23-16(14-28-30(23)2)13-27-26(34)35-15-21-19-11-6-4-9-17(19)18-10-5-7-12-20(18)21/h1,4-7,9-12,14,21-22H,8,13,15H2,2H3,(H,27,34)(H,29,31)(H,32,33). The second-order valence-corrected chi connectivity index (χ2v) is 8.09. The molecule has 0 saturated heterocycles. The number of carboxylic acids is 1. The molecule has 1 aliphatic rings. The smallest absolute Gasteiger partial charge is 0.407 e. The Morgan fingerprint density at radius 3 is 2.37 bits per heavy atom. The highest BCUT2D eigenvalue weighted by atomic mass is 16.5. The number of carbonyl (C=O) groups excluding carboxylic acids is 2. The van der Waals surface area contributed by atoms with E-state index in [0.717, 1.165) is 22.3 Å². The maximum absolute atomic E-state index is 12.7. The number of fused-ring (bicyclic) bond motifs is 3. The first-order valence-corrected chi connectivity index (χ1v) is 11.0. The van der Waals surface area contributed by atoms with Crippen LogP contribution in [-0.4, -0.2) is 45.5 Å². The Bertz CT molecular complexity index is 1280. The van der Waals surface area contributed by atoms with E-state index < -0.39 is 24.0 Å². The lowest BCUT2D eigenvalue weighted by Gasteiger charge is -2.15. The van der Waals surface area contributed by atoms with E-state index in [1.165, 1.54) is 10.9 Å². The van der Waals surface area contributed by atoms with Gasteiger partial charge in [0, 0.05) is 24.9 Å². The van der Waals surface area contributed by atoms with Crippen LogP contribution < -0.4 is 10.6 Å². The molecule has 1 heterocycles. The minimum absolute atomic E-state index is 0.0276. The largest absolute Gasteiger partial charge is 0.480 e. The zero-order valence-corrected chi connectivity index (χ0v) is 19.0. The van der Waals surface area contributed by atoms with Crippen LogP contribution in [0.5, 0.6) is 0 Å². The molecular weight excluding hydrogens is 448 g/mol. The maximum atomic E-state index is 12.7. The molecule has 9 nitrogen and oxygen atoms in total. The molecule has 1 aromatic heterocycles. The second-order valence-electron chi connectivity index (χ2n) is 8.09. The normalized spacial score (nSPS) is 12.7. The first-order valence-electron chi connectivity index (χ1n) is 11.0. The predicted molar refractivity (Wildman–Crippen MR) is 127 cm³/mol. The fourth-order valence-corrected chi connectivity index (χ4v) is 4.27.